The highest BCUT2D eigenvalue weighted by Crippen LogP contribution is 2.09. The molecule has 1 atom stereocenters. The van der Waals surface area contributed by atoms with Gasteiger partial charge in [0.1, 0.15) is 0 Å². The summed E-state index contributed by atoms with van der Waals surface area (Å²) in [6.07, 6.45) is 0. The Bertz CT molecular complexity index is 313. The summed E-state index contributed by atoms with van der Waals surface area (Å²) >= 11 is 3.40. The monoisotopic (exact) mass is 289 g/mol. The van der Waals surface area contributed by atoms with Crippen LogP contribution in [0.15, 0.2) is 28.7 Å². The summed E-state index contributed by atoms with van der Waals surface area (Å²) in [5.41, 5.74) is 1.25. The number of nitrogens with one attached hydrogen (secondary N) is 1. The Hall–Kier alpha value is -0.190. The Labute approximate surface area is 102 Å². The van der Waals surface area contributed by atoms with Crippen molar-refractivity contribution in [3.8, 4) is 0 Å². The molecule has 0 aliphatic rings. The molecular weight excluding hydrogens is 274 g/mol. The van der Waals surface area contributed by atoms with E-state index in [1.165, 1.54) is 5.56 Å². The van der Waals surface area contributed by atoms with Gasteiger partial charge in [-0.1, -0.05) is 35.0 Å². The lowest BCUT2D eigenvalue weighted by Gasteiger charge is -2.04. The average Bonchev–Trinajstić information content (AvgIpc) is 2.26. The molecule has 15 heavy (non-hydrogen) atoms. The van der Waals surface area contributed by atoms with E-state index in [1.807, 2.05) is 19.1 Å². The van der Waals surface area contributed by atoms with Crippen molar-refractivity contribution in [1.29, 1.82) is 0 Å². The van der Waals surface area contributed by atoms with Crippen LogP contribution in [0.5, 0.6) is 0 Å². The fraction of sp³-hybridized carbons (Fsp3) is 0.455. The topological polar surface area (TPSA) is 29.1 Å². The summed E-state index contributed by atoms with van der Waals surface area (Å²) < 4.78 is 12.2. The second-order valence-electron chi connectivity index (χ2n) is 3.24. The van der Waals surface area contributed by atoms with Crippen molar-refractivity contribution >= 4 is 26.7 Å². The molecule has 0 saturated carbocycles. The summed E-state index contributed by atoms with van der Waals surface area (Å²) in [7, 11) is -0.659. The molecule has 1 aromatic rings. The van der Waals surface area contributed by atoms with Crippen molar-refractivity contribution < 1.29 is 4.21 Å². The molecule has 0 aliphatic heterocycles. The maximum Gasteiger partial charge on any atom is 0.0360 e. The van der Waals surface area contributed by atoms with Crippen molar-refractivity contribution in [3.63, 3.8) is 0 Å². The SMILES string of the molecule is CCS(=O)CCNCc1ccc(Br)cc1. The van der Waals surface area contributed by atoms with Crippen molar-refractivity contribution in [2.75, 3.05) is 18.1 Å². The molecule has 0 bridgehead atoms. The van der Waals surface area contributed by atoms with Crippen LogP contribution < -0.4 is 5.32 Å². The van der Waals surface area contributed by atoms with Gasteiger partial charge < -0.3 is 5.32 Å². The van der Waals surface area contributed by atoms with Crippen LogP contribution in [0.1, 0.15) is 12.5 Å². The van der Waals surface area contributed by atoms with Crippen molar-refractivity contribution in [3.05, 3.63) is 34.3 Å². The van der Waals surface area contributed by atoms with Gasteiger partial charge in [0.2, 0.25) is 0 Å². The molecule has 4 heteroatoms. The van der Waals surface area contributed by atoms with Gasteiger partial charge in [0.25, 0.3) is 0 Å². The molecule has 1 rings (SSSR count). The summed E-state index contributed by atoms with van der Waals surface area (Å²) in [6.45, 7) is 3.61. The molecule has 84 valence electrons. The van der Waals surface area contributed by atoms with E-state index in [-0.39, 0.29) is 0 Å². The standard InChI is InChI=1S/C11H16BrNOS/c1-2-15(14)8-7-13-9-10-3-5-11(12)6-4-10/h3-6,13H,2,7-9H2,1H3. The minimum atomic E-state index is -0.659. The number of hydrogen-bond acceptors (Lipinski definition) is 2. The molecule has 1 unspecified atom stereocenters. The Morgan fingerprint density at radius 1 is 1.33 bits per heavy atom. The minimum absolute atomic E-state index is 0.659. The van der Waals surface area contributed by atoms with Gasteiger partial charge in [-0.15, -0.1) is 0 Å². The Kier molecular flexibility index (Phi) is 6.13. The summed E-state index contributed by atoms with van der Waals surface area (Å²) in [5.74, 6) is 1.49. The molecule has 0 fully saturated rings. The first-order chi connectivity index (χ1) is 7.22. The number of benzene rings is 1. The van der Waals surface area contributed by atoms with Crippen LogP contribution in [-0.4, -0.2) is 22.3 Å². The molecule has 1 aromatic carbocycles. The zero-order valence-corrected chi connectivity index (χ0v) is 11.2. The Morgan fingerprint density at radius 3 is 2.60 bits per heavy atom. The van der Waals surface area contributed by atoms with E-state index in [4.69, 9.17) is 0 Å². The predicted molar refractivity (Wildman–Crippen MR) is 69.4 cm³/mol. The van der Waals surface area contributed by atoms with Crippen LogP contribution in [0.4, 0.5) is 0 Å². The molecule has 0 saturated heterocycles. The quantitative estimate of drug-likeness (QED) is 0.815. The van der Waals surface area contributed by atoms with Crippen LogP contribution in [0, 0.1) is 0 Å². The van der Waals surface area contributed by atoms with Crippen LogP contribution >= 0.6 is 15.9 Å². The number of halogens is 1. The summed E-state index contributed by atoms with van der Waals surface area (Å²) in [5, 5.41) is 3.28. The van der Waals surface area contributed by atoms with Gasteiger partial charge >= 0.3 is 0 Å². The average molecular weight is 290 g/mol. The van der Waals surface area contributed by atoms with Gasteiger partial charge in [-0.25, -0.2) is 0 Å². The van der Waals surface area contributed by atoms with E-state index in [1.54, 1.807) is 0 Å². The second-order valence-corrected chi connectivity index (χ2v) is 6.02. The first kappa shape index (κ1) is 12.9. The fourth-order valence-electron chi connectivity index (χ4n) is 1.17. The van der Waals surface area contributed by atoms with Gasteiger partial charge in [-0.05, 0) is 17.7 Å². The smallest absolute Gasteiger partial charge is 0.0360 e. The third kappa shape index (κ3) is 5.44. The van der Waals surface area contributed by atoms with Crippen molar-refractivity contribution in [1.82, 2.24) is 5.32 Å². The molecule has 0 spiro atoms. The van der Waals surface area contributed by atoms with Gasteiger partial charge in [-0.3, -0.25) is 4.21 Å². The minimum Gasteiger partial charge on any atom is -0.312 e. The molecule has 0 radical (unpaired) electrons. The maximum atomic E-state index is 11.1. The number of rotatable bonds is 6. The highest BCUT2D eigenvalue weighted by Gasteiger charge is 1.96. The molecule has 0 heterocycles. The predicted octanol–water partition coefficient (Wildman–Crippen LogP) is 2.31. The number of hydrogen-bond donors (Lipinski definition) is 1. The Morgan fingerprint density at radius 2 is 2.00 bits per heavy atom. The molecule has 0 aliphatic carbocycles. The van der Waals surface area contributed by atoms with Crippen molar-refractivity contribution in [2.45, 2.75) is 13.5 Å². The van der Waals surface area contributed by atoms with Crippen LogP contribution in [0.2, 0.25) is 0 Å². The highest BCUT2D eigenvalue weighted by atomic mass is 79.9. The van der Waals surface area contributed by atoms with E-state index in [9.17, 15) is 4.21 Å². The maximum absolute atomic E-state index is 11.1. The normalized spacial score (nSPS) is 12.7. The first-order valence-electron chi connectivity index (χ1n) is 5.02. The molecule has 0 amide bonds. The third-order valence-electron chi connectivity index (χ3n) is 2.07. The van der Waals surface area contributed by atoms with Crippen LogP contribution in [0.25, 0.3) is 0 Å². The lowest BCUT2D eigenvalue weighted by molar-refractivity contribution is 0.674. The van der Waals surface area contributed by atoms with Gasteiger partial charge in [0.15, 0.2) is 0 Å². The molecule has 2 nitrogen and oxygen atoms in total. The summed E-state index contributed by atoms with van der Waals surface area (Å²) in [4.78, 5) is 0. The van der Waals surface area contributed by atoms with Crippen molar-refractivity contribution in [2.24, 2.45) is 0 Å². The zero-order valence-electron chi connectivity index (χ0n) is 8.83. The summed E-state index contributed by atoms with van der Waals surface area (Å²) in [6, 6.07) is 8.21. The largest absolute Gasteiger partial charge is 0.312 e. The van der Waals surface area contributed by atoms with E-state index in [0.717, 1.165) is 29.1 Å². The highest BCUT2D eigenvalue weighted by molar-refractivity contribution is 9.10. The molecular formula is C11H16BrNOS. The second kappa shape index (κ2) is 7.14. The van der Waals surface area contributed by atoms with E-state index >= 15 is 0 Å². The lowest BCUT2D eigenvalue weighted by atomic mass is 10.2. The lowest BCUT2D eigenvalue weighted by Crippen LogP contribution is -2.20. The fourth-order valence-corrected chi connectivity index (χ4v) is 2.09. The third-order valence-corrected chi connectivity index (χ3v) is 3.90. The van der Waals surface area contributed by atoms with Gasteiger partial charge in [-0.2, -0.15) is 0 Å². The van der Waals surface area contributed by atoms with Gasteiger partial charge in [0, 0.05) is 39.9 Å². The Balaban J connectivity index is 2.20. The molecule has 0 aromatic heterocycles. The van der Waals surface area contributed by atoms with E-state index in [0.29, 0.717) is 0 Å². The van der Waals surface area contributed by atoms with Crippen LogP contribution in [0.3, 0.4) is 0 Å². The van der Waals surface area contributed by atoms with Crippen LogP contribution in [-0.2, 0) is 17.3 Å². The van der Waals surface area contributed by atoms with E-state index < -0.39 is 10.8 Å². The van der Waals surface area contributed by atoms with E-state index in [2.05, 4.69) is 33.4 Å². The molecule has 1 N–H and O–H groups in total. The van der Waals surface area contributed by atoms with Gasteiger partial charge in [0.05, 0.1) is 0 Å². The first-order valence-corrected chi connectivity index (χ1v) is 7.30. The zero-order chi connectivity index (χ0) is 11.1.